The number of alkyl halides is 2. The van der Waals surface area contributed by atoms with Crippen LogP contribution >= 0.6 is 31.9 Å². The van der Waals surface area contributed by atoms with E-state index in [1.165, 1.54) is 0 Å². The Bertz CT molecular complexity index is 380. The Morgan fingerprint density at radius 2 is 2.00 bits per heavy atom. The maximum Gasteiger partial charge on any atom is 0.251 e. The molecule has 0 aromatic heterocycles. The number of benzene rings is 1. The number of halogens is 2. The Morgan fingerprint density at radius 3 is 2.47 bits per heavy atom. The van der Waals surface area contributed by atoms with Gasteiger partial charge >= 0.3 is 0 Å². The van der Waals surface area contributed by atoms with E-state index in [0.29, 0.717) is 5.56 Å². The Labute approximate surface area is 119 Å². The maximum atomic E-state index is 12.1. The molecule has 0 fully saturated rings. The SMILES string of the molecule is CCC(CBr)(CBr)NC(=O)c1cccc(C)c1. The monoisotopic (exact) mass is 361 g/mol. The van der Waals surface area contributed by atoms with Gasteiger partial charge in [-0.2, -0.15) is 0 Å². The number of carbonyl (C=O) groups excluding carboxylic acids is 1. The van der Waals surface area contributed by atoms with Crippen molar-refractivity contribution in [2.24, 2.45) is 0 Å². The van der Waals surface area contributed by atoms with Crippen molar-refractivity contribution in [3.8, 4) is 0 Å². The van der Waals surface area contributed by atoms with Gasteiger partial charge in [-0.05, 0) is 25.5 Å². The number of hydrogen-bond acceptors (Lipinski definition) is 1. The molecule has 0 spiro atoms. The van der Waals surface area contributed by atoms with Crippen LogP contribution in [0.15, 0.2) is 24.3 Å². The van der Waals surface area contributed by atoms with E-state index in [1.807, 2.05) is 31.2 Å². The van der Waals surface area contributed by atoms with E-state index < -0.39 is 0 Å². The number of nitrogens with one attached hydrogen (secondary N) is 1. The lowest BCUT2D eigenvalue weighted by Crippen LogP contribution is -2.51. The first-order chi connectivity index (χ1) is 8.06. The third kappa shape index (κ3) is 3.81. The fourth-order valence-electron chi connectivity index (χ4n) is 1.48. The van der Waals surface area contributed by atoms with Gasteiger partial charge in [-0.15, -0.1) is 0 Å². The summed E-state index contributed by atoms with van der Waals surface area (Å²) >= 11 is 6.93. The molecule has 0 aliphatic carbocycles. The molecule has 0 saturated heterocycles. The molecule has 17 heavy (non-hydrogen) atoms. The van der Waals surface area contributed by atoms with Gasteiger partial charge in [0, 0.05) is 16.2 Å². The predicted octanol–water partition coefficient (Wildman–Crippen LogP) is 3.66. The minimum Gasteiger partial charge on any atom is -0.345 e. The van der Waals surface area contributed by atoms with E-state index in [2.05, 4.69) is 44.1 Å². The van der Waals surface area contributed by atoms with E-state index in [1.54, 1.807) is 0 Å². The molecule has 2 nitrogen and oxygen atoms in total. The quantitative estimate of drug-likeness (QED) is 0.795. The van der Waals surface area contributed by atoms with Crippen LogP contribution in [0.2, 0.25) is 0 Å². The van der Waals surface area contributed by atoms with Crippen molar-refractivity contribution < 1.29 is 4.79 Å². The Morgan fingerprint density at radius 1 is 1.35 bits per heavy atom. The molecule has 0 bridgehead atoms. The zero-order valence-corrected chi connectivity index (χ0v) is 13.3. The highest BCUT2D eigenvalue weighted by atomic mass is 79.9. The highest BCUT2D eigenvalue weighted by molar-refractivity contribution is 9.09. The van der Waals surface area contributed by atoms with Gasteiger partial charge in [-0.3, -0.25) is 4.79 Å². The van der Waals surface area contributed by atoms with Gasteiger partial charge in [0.1, 0.15) is 0 Å². The highest BCUT2D eigenvalue weighted by Gasteiger charge is 2.27. The van der Waals surface area contributed by atoms with Crippen LogP contribution in [0.1, 0.15) is 29.3 Å². The van der Waals surface area contributed by atoms with Crippen molar-refractivity contribution in [1.29, 1.82) is 0 Å². The van der Waals surface area contributed by atoms with Crippen LogP contribution in [0.4, 0.5) is 0 Å². The van der Waals surface area contributed by atoms with Crippen molar-refractivity contribution in [1.82, 2.24) is 5.32 Å². The molecule has 0 aliphatic heterocycles. The molecule has 1 amide bonds. The number of carbonyl (C=O) groups is 1. The van der Waals surface area contributed by atoms with Gasteiger partial charge in [0.2, 0.25) is 0 Å². The molecule has 1 N–H and O–H groups in total. The van der Waals surface area contributed by atoms with Gasteiger partial charge < -0.3 is 5.32 Å². The lowest BCUT2D eigenvalue weighted by molar-refractivity contribution is 0.0915. The van der Waals surface area contributed by atoms with Gasteiger partial charge in [0.05, 0.1) is 5.54 Å². The predicted molar refractivity (Wildman–Crippen MR) is 79.3 cm³/mol. The molecule has 0 aliphatic rings. The van der Waals surface area contributed by atoms with Crippen LogP contribution in [-0.4, -0.2) is 22.1 Å². The number of rotatable bonds is 5. The fraction of sp³-hybridized carbons (Fsp3) is 0.462. The molecule has 0 atom stereocenters. The van der Waals surface area contributed by atoms with Crippen molar-refractivity contribution >= 4 is 37.8 Å². The summed E-state index contributed by atoms with van der Waals surface area (Å²) in [7, 11) is 0. The first-order valence-corrected chi connectivity index (χ1v) is 7.82. The summed E-state index contributed by atoms with van der Waals surface area (Å²) in [6.45, 7) is 4.05. The second-order valence-electron chi connectivity index (χ2n) is 4.22. The lowest BCUT2D eigenvalue weighted by Gasteiger charge is -2.30. The van der Waals surface area contributed by atoms with Gasteiger partial charge in [-0.1, -0.05) is 56.5 Å². The van der Waals surface area contributed by atoms with Crippen LogP contribution in [0, 0.1) is 6.92 Å². The number of amides is 1. The van der Waals surface area contributed by atoms with Gasteiger partial charge in [0.15, 0.2) is 0 Å². The Hall–Kier alpha value is -0.350. The molecule has 0 radical (unpaired) electrons. The van der Waals surface area contributed by atoms with Crippen molar-refractivity contribution in [3.63, 3.8) is 0 Å². The summed E-state index contributed by atoms with van der Waals surface area (Å²) in [5.74, 6) is -0.0190. The van der Waals surface area contributed by atoms with E-state index in [-0.39, 0.29) is 11.4 Å². The van der Waals surface area contributed by atoms with Crippen LogP contribution in [0.25, 0.3) is 0 Å². The zero-order valence-electron chi connectivity index (χ0n) is 10.1. The van der Waals surface area contributed by atoms with Crippen LogP contribution in [0.3, 0.4) is 0 Å². The van der Waals surface area contributed by atoms with Crippen molar-refractivity contribution in [3.05, 3.63) is 35.4 Å². The summed E-state index contributed by atoms with van der Waals surface area (Å²) in [6, 6.07) is 7.63. The largest absolute Gasteiger partial charge is 0.345 e. The third-order valence-corrected chi connectivity index (χ3v) is 4.99. The zero-order chi connectivity index (χ0) is 12.9. The van der Waals surface area contributed by atoms with Crippen LogP contribution in [0.5, 0.6) is 0 Å². The van der Waals surface area contributed by atoms with Crippen molar-refractivity contribution in [2.45, 2.75) is 25.8 Å². The summed E-state index contributed by atoms with van der Waals surface area (Å²) in [5.41, 5.74) is 1.59. The van der Waals surface area contributed by atoms with E-state index in [9.17, 15) is 4.79 Å². The molecule has 1 aromatic rings. The molecule has 4 heteroatoms. The Kier molecular flexibility index (Phi) is 5.67. The minimum absolute atomic E-state index is 0.0190. The van der Waals surface area contributed by atoms with E-state index >= 15 is 0 Å². The van der Waals surface area contributed by atoms with Gasteiger partial charge in [-0.25, -0.2) is 0 Å². The summed E-state index contributed by atoms with van der Waals surface area (Å²) in [5, 5.41) is 4.56. The summed E-state index contributed by atoms with van der Waals surface area (Å²) in [4.78, 5) is 12.1. The normalized spacial score (nSPS) is 11.3. The highest BCUT2D eigenvalue weighted by Crippen LogP contribution is 2.18. The smallest absolute Gasteiger partial charge is 0.251 e. The number of hydrogen-bond donors (Lipinski definition) is 1. The average molecular weight is 363 g/mol. The third-order valence-electron chi connectivity index (χ3n) is 2.85. The molecule has 0 unspecified atom stereocenters. The molecule has 1 rings (SSSR count). The second kappa shape index (κ2) is 6.55. The minimum atomic E-state index is -0.221. The first kappa shape index (κ1) is 14.7. The maximum absolute atomic E-state index is 12.1. The standard InChI is InChI=1S/C13H17Br2NO/c1-3-13(8-14,9-15)16-12(17)11-6-4-5-10(2)7-11/h4-7H,3,8-9H2,1-2H3,(H,16,17). The van der Waals surface area contributed by atoms with E-state index in [4.69, 9.17) is 0 Å². The van der Waals surface area contributed by atoms with Crippen molar-refractivity contribution in [2.75, 3.05) is 10.7 Å². The Balaban J connectivity index is 2.84. The molecule has 0 saturated carbocycles. The topological polar surface area (TPSA) is 29.1 Å². The van der Waals surface area contributed by atoms with Crippen LogP contribution < -0.4 is 5.32 Å². The number of aryl methyl sites for hydroxylation is 1. The fourth-order valence-corrected chi connectivity index (χ4v) is 3.48. The summed E-state index contributed by atoms with van der Waals surface area (Å²) < 4.78 is 0. The van der Waals surface area contributed by atoms with E-state index in [0.717, 1.165) is 22.6 Å². The first-order valence-electron chi connectivity index (χ1n) is 5.58. The molecule has 94 valence electrons. The summed E-state index contributed by atoms with van der Waals surface area (Å²) in [6.07, 6.45) is 0.876. The molecular weight excluding hydrogens is 346 g/mol. The molecular formula is C13H17Br2NO. The lowest BCUT2D eigenvalue weighted by atomic mass is 10.0. The van der Waals surface area contributed by atoms with Crippen LogP contribution in [-0.2, 0) is 0 Å². The van der Waals surface area contributed by atoms with Gasteiger partial charge in [0.25, 0.3) is 5.91 Å². The molecule has 0 heterocycles. The average Bonchev–Trinajstić information content (AvgIpc) is 2.36. The molecule has 1 aromatic carbocycles. The second-order valence-corrected chi connectivity index (χ2v) is 5.35.